The second-order valence-corrected chi connectivity index (χ2v) is 4.11. The Balaban J connectivity index is 2.87. The van der Waals surface area contributed by atoms with E-state index in [0.717, 1.165) is 18.7 Å². The van der Waals surface area contributed by atoms with Crippen molar-refractivity contribution >= 4 is 5.97 Å². The molecule has 2 atom stereocenters. The van der Waals surface area contributed by atoms with Crippen molar-refractivity contribution in [2.24, 2.45) is 5.92 Å². The predicted molar refractivity (Wildman–Crippen MR) is 65.9 cm³/mol. The number of methoxy groups -OCH3 is 1. The third-order valence-electron chi connectivity index (χ3n) is 2.96. The van der Waals surface area contributed by atoms with E-state index < -0.39 is 5.97 Å². The van der Waals surface area contributed by atoms with Gasteiger partial charge in [0, 0.05) is 0 Å². The highest BCUT2D eigenvalue weighted by Crippen LogP contribution is 2.26. The topological polar surface area (TPSA) is 51.5 Å². The number of carbonyl (C=O) groups excluding carboxylic acids is 1. The molecule has 0 amide bonds. The van der Waals surface area contributed by atoms with Crippen molar-refractivity contribution < 1.29 is 13.9 Å². The highest BCUT2D eigenvalue weighted by Gasteiger charge is 2.22. The van der Waals surface area contributed by atoms with Gasteiger partial charge in [-0.25, -0.2) is 4.79 Å². The summed E-state index contributed by atoms with van der Waals surface area (Å²) in [4.78, 5) is 11.3. The maximum atomic E-state index is 11.3. The van der Waals surface area contributed by atoms with Crippen molar-refractivity contribution in [2.45, 2.75) is 33.2 Å². The maximum absolute atomic E-state index is 11.3. The van der Waals surface area contributed by atoms with Gasteiger partial charge in [-0.1, -0.05) is 27.2 Å². The van der Waals surface area contributed by atoms with Crippen LogP contribution in [0.1, 0.15) is 49.5 Å². The third kappa shape index (κ3) is 3.33. The molecule has 0 aliphatic rings. The summed E-state index contributed by atoms with van der Waals surface area (Å²) in [5.74, 6) is 1.07. The predicted octanol–water partition coefficient (Wildman–Crippen LogP) is 2.76. The molecular weight excluding hydrogens is 218 g/mol. The van der Waals surface area contributed by atoms with Crippen LogP contribution in [0.4, 0.5) is 0 Å². The van der Waals surface area contributed by atoms with Crippen molar-refractivity contribution in [3.63, 3.8) is 0 Å². The van der Waals surface area contributed by atoms with Crippen LogP contribution in [0, 0.1) is 5.92 Å². The van der Waals surface area contributed by atoms with E-state index in [1.54, 1.807) is 6.07 Å². The number of esters is 1. The molecule has 1 aromatic heterocycles. The number of nitrogens with one attached hydrogen (secondary N) is 1. The van der Waals surface area contributed by atoms with E-state index in [4.69, 9.17) is 4.42 Å². The van der Waals surface area contributed by atoms with Crippen LogP contribution in [0.25, 0.3) is 0 Å². The summed E-state index contributed by atoms with van der Waals surface area (Å²) in [6.45, 7) is 7.22. The number of hydrogen-bond acceptors (Lipinski definition) is 4. The number of carbonyl (C=O) groups is 1. The van der Waals surface area contributed by atoms with Gasteiger partial charge >= 0.3 is 5.97 Å². The van der Waals surface area contributed by atoms with Gasteiger partial charge in [0.2, 0.25) is 5.76 Å². The molecule has 1 heterocycles. The fourth-order valence-corrected chi connectivity index (χ4v) is 1.77. The summed E-state index contributed by atoms with van der Waals surface area (Å²) in [7, 11) is 1.35. The molecule has 0 radical (unpaired) electrons. The van der Waals surface area contributed by atoms with Crippen LogP contribution in [0.5, 0.6) is 0 Å². The molecular formula is C13H21NO3. The Hall–Kier alpha value is -1.29. The first-order valence-corrected chi connectivity index (χ1v) is 6.05. The summed E-state index contributed by atoms with van der Waals surface area (Å²) < 4.78 is 10.2. The Kier molecular flexibility index (Phi) is 5.22. The van der Waals surface area contributed by atoms with Gasteiger partial charge in [0.1, 0.15) is 5.76 Å². The van der Waals surface area contributed by atoms with Gasteiger partial charge < -0.3 is 14.5 Å². The summed E-state index contributed by atoms with van der Waals surface area (Å²) in [6.07, 6.45) is 1.05. The van der Waals surface area contributed by atoms with Crippen LogP contribution < -0.4 is 5.32 Å². The number of hydrogen-bond donors (Lipinski definition) is 1. The second-order valence-electron chi connectivity index (χ2n) is 4.11. The first-order chi connectivity index (χ1) is 8.13. The Labute approximate surface area is 102 Å². The van der Waals surface area contributed by atoms with E-state index in [9.17, 15) is 4.79 Å². The Morgan fingerprint density at radius 2 is 2.18 bits per heavy atom. The van der Waals surface area contributed by atoms with E-state index >= 15 is 0 Å². The fraction of sp³-hybridized carbons (Fsp3) is 0.615. The van der Waals surface area contributed by atoms with Gasteiger partial charge in [0.25, 0.3) is 0 Å². The van der Waals surface area contributed by atoms with Crippen molar-refractivity contribution in [1.82, 2.24) is 5.32 Å². The third-order valence-corrected chi connectivity index (χ3v) is 2.96. The van der Waals surface area contributed by atoms with E-state index in [-0.39, 0.29) is 11.8 Å². The van der Waals surface area contributed by atoms with Crippen LogP contribution in [-0.4, -0.2) is 19.6 Å². The number of furan rings is 1. The minimum atomic E-state index is -0.435. The van der Waals surface area contributed by atoms with Crippen molar-refractivity contribution in [1.29, 1.82) is 0 Å². The largest absolute Gasteiger partial charge is 0.463 e. The fourth-order valence-electron chi connectivity index (χ4n) is 1.77. The summed E-state index contributed by atoms with van der Waals surface area (Å²) >= 11 is 0. The molecule has 1 aromatic rings. The van der Waals surface area contributed by atoms with E-state index in [1.807, 2.05) is 6.07 Å². The smallest absolute Gasteiger partial charge is 0.373 e. The second kappa shape index (κ2) is 6.45. The number of ether oxygens (including phenoxy) is 1. The Morgan fingerprint density at radius 1 is 1.47 bits per heavy atom. The molecule has 17 heavy (non-hydrogen) atoms. The summed E-state index contributed by atoms with van der Waals surface area (Å²) in [6, 6.07) is 3.64. The zero-order chi connectivity index (χ0) is 12.8. The molecule has 0 spiro atoms. The molecule has 0 saturated carbocycles. The van der Waals surface area contributed by atoms with Crippen molar-refractivity contribution in [3.05, 3.63) is 23.7 Å². The lowest BCUT2D eigenvalue weighted by molar-refractivity contribution is 0.0561. The molecule has 0 fully saturated rings. The van der Waals surface area contributed by atoms with Gasteiger partial charge in [-0.2, -0.15) is 0 Å². The molecule has 0 aliphatic heterocycles. The minimum absolute atomic E-state index is 0.142. The Morgan fingerprint density at radius 3 is 2.71 bits per heavy atom. The van der Waals surface area contributed by atoms with Gasteiger partial charge in [0.15, 0.2) is 0 Å². The zero-order valence-electron chi connectivity index (χ0n) is 10.9. The monoisotopic (exact) mass is 239 g/mol. The lowest BCUT2D eigenvalue weighted by Crippen LogP contribution is -2.26. The molecule has 0 aliphatic carbocycles. The molecule has 1 N–H and O–H groups in total. The van der Waals surface area contributed by atoms with Crippen molar-refractivity contribution in [3.8, 4) is 0 Å². The van der Waals surface area contributed by atoms with Crippen LogP contribution >= 0.6 is 0 Å². The number of rotatable bonds is 6. The molecule has 2 unspecified atom stereocenters. The van der Waals surface area contributed by atoms with Gasteiger partial charge in [-0.15, -0.1) is 0 Å². The average Bonchev–Trinajstić information content (AvgIpc) is 2.83. The van der Waals surface area contributed by atoms with Crippen LogP contribution in [0.3, 0.4) is 0 Å². The molecule has 4 nitrogen and oxygen atoms in total. The Bertz CT molecular complexity index is 359. The van der Waals surface area contributed by atoms with Gasteiger partial charge in [-0.05, 0) is 24.6 Å². The first kappa shape index (κ1) is 13.8. The average molecular weight is 239 g/mol. The lowest BCUT2D eigenvalue weighted by Gasteiger charge is -2.21. The maximum Gasteiger partial charge on any atom is 0.373 e. The summed E-state index contributed by atoms with van der Waals surface area (Å²) in [5.41, 5.74) is 0. The van der Waals surface area contributed by atoms with Crippen molar-refractivity contribution in [2.75, 3.05) is 13.7 Å². The van der Waals surface area contributed by atoms with Gasteiger partial charge in [-0.3, -0.25) is 0 Å². The van der Waals surface area contributed by atoms with E-state index in [2.05, 4.69) is 30.8 Å². The molecule has 0 saturated heterocycles. The SMILES string of the molecule is CCNC(c1ccc(C(=O)OC)o1)C(C)CC. The lowest BCUT2D eigenvalue weighted by atomic mass is 9.97. The minimum Gasteiger partial charge on any atom is -0.463 e. The highest BCUT2D eigenvalue weighted by molar-refractivity contribution is 5.86. The molecule has 0 aromatic carbocycles. The molecule has 96 valence electrons. The highest BCUT2D eigenvalue weighted by atomic mass is 16.5. The molecule has 0 bridgehead atoms. The standard InChI is InChI=1S/C13H21NO3/c1-5-9(3)12(14-6-2)10-7-8-11(17-10)13(15)16-4/h7-9,12,14H,5-6H2,1-4H3. The van der Waals surface area contributed by atoms with E-state index in [1.165, 1.54) is 7.11 Å². The van der Waals surface area contributed by atoms with Crippen LogP contribution in [0.15, 0.2) is 16.5 Å². The molecule has 4 heteroatoms. The quantitative estimate of drug-likeness (QED) is 0.775. The summed E-state index contributed by atoms with van der Waals surface area (Å²) in [5, 5.41) is 3.37. The zero-order valence-corrected chi connectivity index (χ0v) is 10.9. The van der Waals surface area contributed by atoms with E-state index in [0.29, 0.717) is 5.92 Å². The van der Waals surface area contributed by atoms with Crippen LogP contribution in [-0.2, 0) is 4.74 Å². The molecule has 1 rings (SSSR count). The normalized spacial score (nSPS) is 14.4. The van der Waals surface area contributed by atoms with Crippen LogP contribution in [0.2, 0.25) is 0 Å². The van der Waals surface area contributed by atoms with Gasteiger partial charge in [0.05, 0.1) is 13.2 Å². The first-order valence-electron chi connectivity index (χ1n) is 6.05.